The van der Waals surface area contributed by atoms with Gasteiger partial charge in [0.15, 0.2) is 0 Å². The average molecular weight is 391 g/mol. The fourth-order valence-electron chi connectivity index (χ4n) is 3.73. The fourth-order valence-corrected chi connectivity index (χ4v) is 3.73. The Bertz CT molecular complexity index is 867. The topological polar surface area (TPSA) is 39.7 Å². The van der Waals surface area contributed by atoms with Crippen molar-refractivity contribution in [2.24, 2.45) is 5.10 Å². The van der Waals surface area contributed by atoms with Gasteiger partial charge in [0.1, 0.15) is 0 Å². The summed E-state index contributed by atoms with van der Waals surface area (Å²) in [6.45, 7) is 13.8. The van der Waals surface area contributed by atoms with Crippen molar-refractivity contribution in [2.75, 3.05) is 11.6 Å². The van der Waals surface area contributed by atoms with E-state index < -0.39 is 0 Å². The third-order valence-corrected chi connectivity index (χ3v) is 5.46. The zero-order chi connectivity index (χ0) is 20.8. The highest BCUT2D eigenvalue weighted by Gasteiger charge is 2.31. The standard InChI is InChI=1S/C25H34N4/c1-6-7-8-15-26-27-21(5)23-17-25(22-12-9-18(2)10-13-22)29(28-23)24-14-11-19(3)16-20(24)4/h9-14,16,25-27H,5-8,15,17H2,1-4H3. The molecule has 1 heterocycles. The molecule has 0 radical (unpaired) electrons. The van der Waals surface area contributed by atoms with Crippen LogP contribution in [0.25, 0.3) is 0 Å². The Balaban J connectivity index is 1.81. The molecular formula is C25H34N4. The summed E-state index contributed by atoms with van der Waals surface area (Å²) < 4.78 is 0. The van der Waals surface area contributed by atoms with Gasteiger partial charge >= 0.3 is 0 Å². The van der Waals surface area contributed by atoms with Crippen molar-refractivity contribution < 1.29 is 0 Å². The third-order valence-electron chi connectivity index (χ3n) is 5.46. The fraction of sp³-hybridized carbons (Fsp3) is 0.400. The zero-order valence-electron chi connectivity index (χ0n) is 18.3. The van der Waals surface area contributed by atoms with E-state index in [1.165, 1.54) is 35.1 Å². The summed E-state index contributed by atoms with van der Waals surface area (Å²) in [5, 5.41) is 7.16. The number of rotatable bonds is 9. The summed E-state index contributed by atoms with van der Waals surface area (Å²) in [5.41, 5.74) is 14.6. The number of aryl methyl sites for hydroxylation is 3. The van der Waals surface area contributed by atoms with Gasteiger partial charge in [-0.05, 0) is 44.4 Å². The van der Waals surface area contributed by atoms with Crippen LogP contribution in [0.5, 0.6) is 0 Å². The van der Waals surface area contributed by atoms with Crippen LogP contribution >= 0.6 is 0 Å². The van der Waals surface area contributed by atoms with Gasteiger partial charge in [-0.25, -0.2) is 5.43 Å². The van der Waals surface area contributed by atoms with E-state index in [1.54, 1.807) is 0 Å². The molecule has 0 fully saturated rings. The molecule has 0 spiro atoms. The van der Waals surface area contributed by atoms with Crippen molar-refractivity contribution in [1.82, 2.24) is 10.9 Å². The lowest BCUT2D eigenvalue weighted by Gasteiger charge is -2.25. The van der Waals surface area contributed by atoms with Crippen molar-refractivity contribution in [2.45, 2.75) is 59.4 Å². The lowest BCUT2D eigenvalue weighted by Crippen LogP contribution is -2.34. The molecule has 3 rings (SSSR count). The monoisotopic (exact) mass is 390 g/mol. The minimum absolute atomic E-state index is 0.172. The summed E-state index contributed by atoms with van der Waals surface area (Å²) in [6.07, 6.45) is 4.44. The maximum absolute atomic E-state index is 4.99. The smallest absolute Gasteiger partial charge is 0.0872 e. The molecule has 1 aliphatic heterocycles. The summed E-state index contributed by atoms with van der Waals surface area (Å²) in [4.78, 5) is 0. The van der Waals surface area contributed by atoms with E-state index in [2.05, 4.69) is 92.6 Å². The van der Waals surface area contributed by atoms with Gasteiger partial charge in [0, 0.05) is 13.0 Å². The number of hydrogen-bond acceptors (Lipinski definition) is 4. The number of hydrogen-bond donors (Lipinski definition) is 2. The largest absolute Gasteiger partial charge is 0.320 e. The molecule has 2 N–H and O–H groups in total. The molecule has 29 heavy (non-hydrogen) atoms. The average Bonchev–Trinajstić information content (AvgIpc) is 3.13. The number of nitrogens with zero attached hydrogens (tertiary/aromatic N) is 2. The molecule has 0 saturated carbocycles. The second-order valence-corrected chi connectivity index (χ2v) is 8.05. The summed E-state index contributed by atoms with van der Waals surface area (Å²) in [7, 11) is 0. The number of hydrazine groups is 1. The molecule has 4 nitrogen and oxygen atoms in total. The van der Waals surface area contributed by atoms with Gasteiger partial charge in [0.05, 0.1) is 23.1 Å². The van der Waals surface area contributed by atoms with E-state index in [0.717, 1.165) is 36.5 Å². The van der Waals surface area contributed by atoms with Crippen LogP contribution in [0.2, 0.25) is 0 Å². The number of anilines is 1. The molecule has 0 aromatic heterocycles. The van der Waals surface area contributed by atoms with Gasteiger partial charge in [-0.15, -0.1) is 0 Å². The Morgan fingerprint density at radius 1 is 1.07 bits per heavy atom. The molecule has 0 saturated heterocycles. The molecule has 1 unspecified atom stereocenters. The molecule has 2 aromatic rings. The van der Waals surface area contributed by atoms with E-state index in [-0.39, 0.29) is 6.04 Å². The quantitative estimate of drug-likeness (QED) is 0.425. The van der Waals surface area contributed by atoms with E-state index in [0.29, 0.717) is 0 Å². The van der Waals surface area contributed by atoms with Crippen molar-refractivity contribution in [3.8, 4) is 0 Å². The van der Waals surface area contributed by atoms with Crippen molar-refractivity contribution >= 4 is 11.4 Å². The van der Waals surface area contributed by atoms with Gasteiger partial charge in [-0.2, -0.15) is 5.10 Å². The highest BCUT2D eigenvalue weighted by Crippen LogP contribution is 2.37. The molecule has 2 aromatic carbocycles. The van der Waals surface area contributed by atoms with Crippen LogP contribution < -0.4 is 15.9 Å². The minimum atomic E-state index is 0.172. The van der Waals surface area contributed by atoms with Crippen LogP contribution in [0.15, 0.2) is 59.8 Å². The van der Waals surface area contributed by atoms with Crippen LogP contribution in [0.1, 0.15) is 60.9 Å². The van der Waals surface area contributed by atoms with Gasteiger partial charge < -0.3 is 5.43 Å². The van der Waals surface area contributed by atoms with E-state index >= 15 is 0 Å². The first-order chi connectivity index (χ1) is 14.0. The van der Waals surface area contributed by atoms with Crippen LogP contribution in [0.3, 0.4) is 0 Å². The van der Waals surface area contributed by atoms with Crippen LogP contribution in [0, 0.1) is 20.8 Å². The predicted octanol–water partition coefficient (Wildman–Crippen LogP) is 5.72. The second kappa shape index (κ2) is 9.75. The lowest BCUT2D eigenvalue weighted by molar-refractivity contribution is 0.569. The first-order valence-electron chi connectivity index (χ1n) is 10.7. The molecule has 0 bridgehead atoms. The Morgan fingerprint density at radius 3 is 2.48 bits per heavy atom. The summed E-state index contributed by atoms with van der Waals surface area (Å²) >= 11 is 0. The normalized spacial score (nSPS) is 16.1. The molecular weight excluding hydrogens is 356 g/mol. The number of nitrogens with one attached hydrogen (secondary N) is 2. The van der Waals surface area contributed by atoms with Gasteiger partial charge in [-0.3, -0.25) is 5.01 Å². The Morgan fingerprint density at radius 2 is 1.79 bits per heavy atom. The highest BCUT2D eigenvalue weighted by molar-refractivity contribution is 6.02. The Kier molecular flexibility index (Phi) is 7.10. The first kappa shape index (κ1) is 21.1. The predicted molar refractivity (Wildman–Crippen MR) is 124 cm³/mol. The second-order valence-electron chi connectivity index (χ2n) is 8.05. The molecule has 154 valence electrons. The Hall–Kier alpha value is -2.59. The van der Waals surface area contributed by atoms with E-state index in [1.807, 2.05) is 0 Å². The maximum Gasteiger partial charge on any atom is 0.0872 e. The van der Waals surface area contributed by atoms with Crippen molar-refractivity contribution in [1.29, 1.82) is 0 Å². The molecule has 1 aliphatic rings. The number of unbranched alkanes of at least 4 members (excludes halogenated alkanes) is 2. The molecule has 4 heteroatoms. The Labute approximate surface area is 175 Å². The first-order valence-corrected chi connectivity index (χ1v) is 10.7. The number of allylic oxidation sites excluding steroid dienone is 1. The van der Waals surface area contributed by atoms with Gasteiger partial charge in [0.25, 0.3) is 0 Å². The minimum Gasteiger partial charge on any atom is -0.320 e. The van der Waals surface area contributed by atoms with Crippen LogP contribution in [-0.2, 0) is 0 Å². The highest BCUT2D eigenvalue weighted by atomic mass is 15.5. The number of benzene rings is 2. The lowest BCUT2D eigenvalue weighted by atomic mass is 9.99. The maximum atomic E-state index is 4.99. The van der Waals surface area contributed by atoms with Crippen molar-refractivity contribution in [3.05, 3.63) is 77.0 Å². The SMILES string of the molecule is C=C(NNCCCCC)C1=NN(c2ccc(C)cc2C)C(c2ccc(C)cc2)C1. The third kappa shape index (κ3) is 5.27. The van der Waals surface area contributed by atoms with Crippen molar-refractivity contribution in [3.63, 3.8) is 0 Å². The molecule has 0 amide bonds. The van der Waals surface area contributed by atoms with E-state index in [9.17, 15) is 0 Å². The summed E-state index contributed by atoms with van der Waals surface area (Å²) in [6, 6.07) is 15.5. The number of hydrazone groups is 1. The van der Waals surface area contributed by atoms with Crippen LogP contribution in [0.4, 0.5) is 5.69 Å². The van der Waals surface area contributed by atoms with Crippen LogP contribution in [-0.4, -0.2) is 12.3 Å². The summed E-state index contributed by atoms with van der Waals surface area (Å²) in [5.74, 6) is 0. The zero-order valence-corrected chi connectivity index (χ0v) is 18.3. The molecule has 1 atom stereocenters. The van der Waals surface area contributed by atoms with Gasteiger partial charge in [-0.1, -0.05) is 73.9 Å². The molecule has 0 aliphatic carbocycles. The van der Waals surface area contributed by atoms with E-state index in [4.69, 9.17) is 5.10 Å². The van der Waals surface area contributed by atoms with Gasteiger partial charge in [0.2, 0.25) is 0 Å².